The molecule has 3 rings (SSSR count). The summed E-state index contributed by atoms with van der Waals surface area (Å²) in [4.78, 5) is 4.59. The second kappa shape index (κ2) is 6.49. The van der Waals surface area contributed by atoms with Crippen LogP contribution in [0.15, 0.2) is 42.5 Å². The van der Waals surface area contributed by atoms with E-state index in [1.807, 2.05) is 24.3 Å². The van der Waals surface area contributed by atoms with Crippen LogP contribution in [-0.4, -0.2) is 33.3 Å². The van der Waals surface area contributed by atoms with Gasteiger partial charge in [0.2, 0.25) is 0 Å². The Labute approximate surface area is 136 Å². The molecule has 2 aromatic carbocycles. The minimum absolute atomic E-state index is 0.627. The summed E-state index contributed by atoms with van der Waals surface area (Å²) in [6.45, 7) is 3.60. The molecule has 5 heteroatoms. The van der Waals surface area contributed by atoms with Crippen LogP contribution in [0.25, 0.3) is 0 Å². The number of nitrogens with two attached hydrogens (primary N) is 1. The lowest BCUT2D eigenvalue weighted by molar-refractivity contribution is 0.415. The third-order valence-corrected chi connectivity index (χ3v) is 4.20. The van der Waals surface area contributed by atoms with Crippen molar-refractivity contribution in [2.24, 2.45) is 0 Å². The van der Waals surface area contributed by atoms with Crippen molar-refractivity contribution in [3.05, 3.63) is 48.0 Å². The molecule has 0 saturated carbocycles. The summed E-state index contributed by atoms with van der Waals surface area (Å²) in [6.07, 6.45) is 0. The van der Waals surface area contributed by atoms with Crippen LogP contribution in [0.3, 0.4) is 0 Å². The number of nitriles is 1. The molecule has 1 aliphatic rings. The zero-order valence-electron chi connectivity index (χ0n) is 13.2. The number of ether oxygens (including phenoxy) is 1. The van der Waals surface area contributed by atoms with Crippen LogP contribution in [0.4, 0.5) is 17.1 Å². The smallest absolute Gasteiger partial charge is 0.119 e. The van der Waals surface area contributed by atoms with Crippen molar-refractivity contribution in [1.29, 1.82) is 5.26 Å². The van der Waals surface area contributed by atoms with E-state index in [9.17, 15) is 5.26 Å². The molecule has 5 nitrogen and oxygen atoms in total. The van der Waals surface area contributed by atoms with Crippen LogP contribution in [0.1, 0.15) is 5.56 Å². The van der Waals surface area contributed by atoms with E-state index in [1.165, 1.54) is 5.69 Å². The fourth-order valence-corrected chi connectivity index (χ4v) is 2.92. The summed E-state index contributed by atoms with van der Waals surface area (Å²) in [5, 5.41) is 9.30. The highest BCUT2D eigenvalue weighted by molar-refractivity contribution is 5.65. The average molecular weight is 308 g/mol. The first-order chi connectivity index (χ1) is 11.2. The van der Waals surface area contributed by atoms with Crippen molar-refractivity contribution in [2.45, 2.75) is 0 Å². The predicted molar refractivity (Wildman–Crippen MR) is 93.0 cm³/mol. The summed E-state index contributed by atoms with van der Waals surface area (Å²) in [5.41, 5.74) is 9.20. The zero-order chi connectivity index (χ0) is 16.2. The largest absolute Gasteiger partial charge is 0.497 e. The average Bonchev–Trinajstić information content (AvgIpc) is 2.62. The van der Waals surface area contributed by atoms with Gasteiger partial charge in [-0.15, -0.1) is 0 Å². The van der Waals surface area contributed by atoms with Crippen molar-refractivity contribution < 1.29 is 4.74 Å². The van der Waals surface area contributed by atoms with Gasteiger partial charge in [-0.25, -0.2) is 0 Å². The predicted octanol–water partition coefficient (Wildman–Crippen LogP) is 2.48. The molecule has 0 radical (unpaired) electrons. The van der Waals surface area contributed by atoms with Crippen molar-refractivity contribution in [1.82, 2.24) is 0 Å². The molecule has 0 unspecified atom stereocenters. The van der Waals surface area contributed by atoms with Gasteiger partial charge in [0.15, 0.2) is 0 Å². The summed E-state index contributed by atoms with van der Waals surface area (Å²) in [7, 11) is 1.67. The zero-order valence-corrected chi connectivity index (χ0v) is 13.2. The van der Waals surface area contributed by atoms with E-state index >= 15 is 0 Å². The summed E-state index contributed by atoms with van der Waals surface area (Å²) in [6, 6.07) is 15.9. The molecule has 1 saturated heterocycles. The molecular weight excluding hydrogens is 288 g/mol. The monoisotopic (exact) mass is 308 g/mol. The molecule has 0 spiro atoms. The minimum Gasteiger partial charge on any atom is -0.497 e. The highest BCUT2D eigenvalue weighted by atomic mass is 16.5. The first-order valence-corrected chi connectivity index (χ1v) is 7.65. The Hall–Kier alpha value is -2.87. The summed E-state index contributed by atoms with van der Waals surface area (Å²) >= 11 is 0. The molecule has 0 aliphatic carbocycles. The van der Waals surface area contributed by atoms with Gasteiger partial charge in [0, 0.05) is 37.6 Å². The van der Waals surface area contributed by atoms with E-state index in [0.717, 1.165) is 37.6 Å². The Morgan fingerprint density at radius 1 is 1.00 bits per heavy atom. The quantitative estimate of drug-likeness (QED) is 0.882. The number of hydrogen-bond acceptors (Lipinski definition) is 5. The topological polar surface area (TPSA) is 65.5 Å². The Kier molecular flexibility index (Phi) is 4.24. The molecule has 0 bridgehead atoms. The lowest BCUT2D eigenvalue weighted by Crippen LogP contribution is -2.46. The molecule has 23 heavy (non-hydrogen) atoms. The third kappa shape index (κ3) is 3.16. The van der Waals surface area contributed by atoms with Crippen molar-refractivity contribution >= 4 is 17.1 Å². The SMILES string of the molecule is COc1ccc(N2CCN(c3ccc(N)cc3C#N)CC2)cc1. The maximum Gasteiger partial charge on any atom is 0.119 e. The van der Waals surface area contributed by atoms with E-state index < -0.39 is 0 Å². The Morgan fingerprint density at radius 2 is 1.65 bits per heavy atom. The minimum atomic E-state index is 0.627. The fourth-order valence-electron chi connectivity index (χ4n) is 2.92. The molecule has 0 atom stereocenters. The second-order valence-corrected chi connectivity index (χ2v) is 5.56. The molecule has 2 N–H and O–H groups in total. The van der Waals surface area contributed by atoms with Gasteiger partial charge in [-0.3, -0.25) is 0 Å². The van der Waals surface area contributed by atoms with Crippen LogP contribution >= 0.6 is 0 Å². The second-order valence-electron chi connectivity index (χ2n) is 5.56. The molecule has 118 valence electrons. The Bertz CT molecular complexity index is 713. The molecule has 2 aromatic rings. The van der Waals surface area contributed by atoms with E-state index in [4.69, 9.17) is 10.5 Å². The standard InChI is InChI=1S/C18H20N4O/c1-23-17-5-3-16(4-6-17)21-8-10-22(11-9-21)18-7-2-15(20)12-14(18)13-19/h2-7,12H,8-11,20H2,1H3. The number of methoxy groups -OCH3 is 1. The highest BCUT2D eigenvalue weighted by Crippen LogP contribution is 2.26. The number of piperazine rings is 1. The Balaban J connectivity index is 1.70. The van der Waals surface area contributed by atoms with Crippen LogP contribution in [-0.2, 0) is 0 Å². The van der Waals surface area contributed by atoms with Gasteiger partial charge >= 0.3 is 0 Å². The number of nitrogen functional groups attached to an aromatic ring is 1. The van der Waals surface area contributed by atoms with Gasteiger partial charge in [0.05, 0.1) is 18.4 Å². The van der Waals surface area contributed by atoms with Crippen LogP contribution in [0.2, 0.25) is 0 Å². The van der Waals surface area contributed by atoms with E-state index in [0.29, 0.717) is 11.3 Å². The number of anilines is 3. The van der Waals surface area contributed by atoms with Gasteiger partial charge in [0.1, 0.15) is 11.8 Å². The van der Waals surface area contributed by atoms with Crippen LogP contribution < -0.4 is 20.3 Å². The van der Waals surface area contributed by atoms with E-state index in [1.54, 1.807) is 13.2 Å². The molecular formula is C18H20N4O. The van der Waals surface area contributed by atoms with Gasteiger partial charge in [-0.2, -0.15) is 5.26 Å². The molecule has 0 amide bonds. The first kappa shape index (κ1) is 15.0. The summed E-state index contributed by atoms with van der Waals surface area (Å²) in [5.74, 6) is 0.868. The van der Waals surface area contributed by atoms with Crippen LogP contribution in [0, 0.1) is 11.3 Å². The molecule has 1 fully saturated rings. The number of rotatable bonds is 3. The van der Waals surface area contributed by atoms with Crippen molar-refractivity contribution in [3.8, 4) is 11.8 Å². The van der Waals surface area contributed by atoms with Crippen LogP contribution in [0.5, 0.6) is 5.75 Å². The highest BCUT2D eigenvalue weighted by Gasteiger charge is 2.19. The number of benzene rings is 2. The first-order valence-electron chi connectivity index (χ1n) is 7.65. The van der Waals surface area contributed by atoms with Gasteiger partial charge in [-0.05, 0) is 42.5 Å². The summed E-state index contributed by atoms with van der Waals surface area (Å²) < 4.78 is 5.20. The molecule has 1 heterocycles. The lowest BCUT2D eigenvalue weighted by Gasteiger charge is -2.37. The molecule has 1 aliphatic heterocycles. The van der Waals surface area contributed by atoms with E-state index in [-0.39, 0.29) is 0 Å². The maximum atomic E-state index is 9.30. The van der Waals surface area contributed by atoms with Gasteiger partial charge in [0.25, 0.3) is 0 Å². The lowest BCUT2D eigenvalue weighted by atomic mass is 10.1. The fraction of sp³-hybridized carbons (Fsp3) is 0.278. The van der Waals surface area contributed by atoms with Gasteiger partial charge in [-0.1, -0.05) is 0 Å². The number of hydrogen-bond donors (Lipinski definition) is 1. The molecule has 0 aromatic heterocycles. The Morgan fingerprint density at radius 3 is 2.26 bits per heavy atom. The maximum absolute atomic E-state index is 9.30. The third-order valence-electron chi connectivity index (χ3n) is 4.20. The van der Waals surface area contributed by atoms with Crippen molar-refractivity contribution in [2.75, 3.05) is 48.8 Å². The van der Waals surface area contributed by atoms with Crippen molar-refractivity contribution in [3.63, 3.8) is 0 Å². The number of nitrogens with zero attached hydrogens (tertiary/aromatic N) is 3. The normalized spacial score (nSPS) is 14.4. The van der Waals surface area contributed by atoms with Gasteiger partial charge < -0.3 is 20.3 Å². The van der Waals surface area contributed by atoms with E-state index in [2.05, 4.69) is 28.0 Å².